The van der Waals surface area contributed by atoms with Crippen molar-refractivity contribution in [3.63, 3.8) is 0 Å². The van der Waals surface area contributed by atoms with Gasteiger partial charge in [-0.25, -0.2) is 21.9 Å². The van der Waals surface area contributed by atoms with E-state index in [4.69, 9.17) is 0 Å². The van der Waals surface area contributed by atoms with Gasteiger partial charge in [-0.1, -0.05) is 30.3 Å². The molecule has 0 heterocycles. The summed E-state index contributed by atoms with van der Waals surface area (Å²) in [4.78, 5) is 1.53. The second kappa shape index (κ2) is 8.32. The van der Waals surface area contributed by atoms with Crippen LogP contribution < -0.4 is 4.72 Å². The highest BCUT2D eigenvalue weighted by Crippen LogP contribution is 2.15. The van der Waals surface area contributed by atoms with E-state index in [1.165, 1.54) is 5.56 Å². The first-order chi connectivity index (χ1) is 11.4. The third-order valence-corrected chi connectivity index (χ3v) is 4.98. The van der Waals surface area contributed by atoms with Gasteiger partial charge < -0.3 is 4.90 Å². The van der Waals surface area contributed by atoms with Gasteiger partial charge in [0.25, 0.3) is 0 Å². The average molecular weight is 354 g/mol. The number of nitrogens with one attached hydrogen (secondary N) is 1. The minimum Gasteiger partial charge on any atom is -0.302 e. The molecule has 0 radical (unpaired) electrons. The highest BCUT2D eigenvalue weighted by Gasteiger charge is 2.18. The predicted molar refractivity (Wildman–Crippen MR) is 88.9 cm³/mol. The molecule has 0 fully saturated rings. The van der Waals surface area contributed by atoms with E-state index >= 15 is 0 Å². The molecule has 0 atom stereocenters. The van der Waals surface area contributed by atoms with Crippen molar-refractivity contribution in [2.75, 3.05) is 20.1 Å². The van der Waals surface area contributed by atoms with E-state index in [0.29, 0.717) is 19.0 Å². The molecule has 2 aromatic carbocycles. The Morgan fingerprint density at radius 2 is 1.79 bits per heavy atom. The molecule has 0 aliphatic heterocycles. The summed E-state index contributed by atoms with van der Waals surface area (Å²) in [5.41, 5.74) is 1.17. The van der Waals surface area contributed by atoms with Crippen LogP contribution in [0.1, 0.15) is 12.0 Å². The maximum Gasteiger partial charge on any atom is 0.243 e. The molecular formula is C17H20F2N2O2S. The first-order valence-electron chi connectivity index (χ1n) is 7.56. The second-order valence-electron chi connectivity index (χ2n) is 5.55. The van der Waals surface area contributed by atoms with Gasteiger partial charge in [-0.3, -0.25) is 0 Å². The predicted octanol–water partition coefficient (Wildman–Crippen LogP) is 2.77. The Morgan fingerprint density at radius 3 is 2.46 bits per heavy atom. The molecule has 0 aliphatic carbocycles. The average Bonchev–Trinajstić information content (AvgIpc) is 2.52. The summed E-state index contributed by atoms with van der Waals surface area (Å²) in [6, 6.07) is 12.3. The quantitative estimate of drug-likeness (QED) is 0.742. The van der Waals surface area contributed by atoms with Crippen molar-refractivity contribution < 1.29 is 17.2 Å². The normalized spacial score (nSPS) is 11.8. The number of benzene rings is 2. The summed E-state index contributed by atoms with van der Waals surface area (Å²) in [6.07, 6.45) is 0.575. The van der Waals surface area contributed by atoms with Crippen LogP contribution in [0.25, 0.3) is 0 Å². The molecule has 0 bridgehead atoms. The third-order valence-electron chi connectivity index (χ3n) is 3.49. The lowest BCUT2D eigenvalue weighted by Gasteiger charge is -2.16. The third kappa shape index (κ3) is 5.36. The highest BCUT2D eigenvalue weighted by atomic mass is 32.2. The Labute approximate surface area is 141 Å². The first kappa shape index (κ1) is 18.5. The Balaban J connectivity index is 1.80. The van der Waals surface area contributed by atoms with Gasteiger partial charge in [-0.2, -0.15) is 0 Å². The second-order valence-corrected chi connectivity index (χ2v) is 7.28. The zero-order valence-electron chi connectivity index (χ0n) is 13.4. The van der Waals surface area contributed by atoms with Gasteiger partial charge in [0.1, 0.15) is 16.5 Å². The summed E-state index contributed by atoms with van der Waals surface area (Å²) in [7, 11) is -2.03. The van der Waals surface area contributed by atoms with Gasteiger partial charge in [0.15, 0.2) is 0 Å². The number of nitrogens with zero attached hydrogens (tertiary/aromatic N) is 1. The van der Waals surface area contributed by atoms with Gasteiger partial charge in [0, 0.05) is 19.2 Å². The van der Waals surface area contributed by atoms with Crippen molar-refractivity contribution in [3.8, 4) is 0 Å². The molecule has 4 nitrogen and oxygen atoms in total. The van der Waals surface area contributed by atoms with E-state index in [1.807, 2.05) is 37.4 Å². The van der Waals surface area contributed by atoms with Crippen LogP contribution in [-0.2, 0) is 16.6 Å². The standard InChI is InChI=1S/C17H20F2N2O2S/c1-21(13-14-6-3-2-4-7-14)11-5-10-20-24(22,23)17-9-8-15(18)12-16(17)19/h2-4,6-9,12,20H,5,10-11,13H2,1H3. The van der Waals surface area contributed by atoms with Crippen LogP contribution in [0.2, 0.25) is 0 Å². The van der Waals surface area contributed by atoms with Crippen LogP contribution in [0.4, 0.5) is 8.78 Å². The number of hydrogen-bond donors (Lipinski definition) is 1. The molecule has 0 saturated carbocycles. The minimum atomic E-state index is -3.97. The molecule has 0 saturated heterocycles. The van der Waals surface area contributed by atoms with Crippen LogP contribution >= 0.6 is 0 Å². The molecule has 1 N–H and O–H groups in total. The largest absolute Gasteiger partial charge is 0.302 e. The van der Waals surface area contributed by atoms with Gasteiger partial charge in [-0.05, 0) is 37.7 Å². The number of sulfonamides is 1. The van der Waals surface area contributed by atoms with Crippen molar-refractivity contribution in [3.05, 3.63) is 65.7 Å². The van der Waals surface area contributed by atoms with Crippen LogP contribution in [-0.4, -0.2) is 33.5 Å². The fraction of sp³-hybridized carbons (Fsp3) is 0.294. The van der Waals surface area contributed by atoms with E-state index < -0.39 is 26.6 Å². The Hall–Kier alpha value is -1.83. The smallest absolute Gasteiger partial charge is 0.243 e. The molecule has 0 amide bonds. The summed E-state index contributed by atoms with van der Waals surface area (Å²) >= 11 is 0. The van der Waals surface area contributed by atoms with E-state index in [0.717, 1.165) is 18.7 Å². The van der Waals surface area contributed by atoms with Crippen LogP contribution in [0.15, 0.2) is 53.4 Å². The van der Waals surface area contributed by atoms with E-state index in [2.05, 4.69) is 9.62 Å². The monoisotopic (exact) mass is 354 g/mol. The first-order valence-corrected chi connectivity index (χ1v) is 9.04. The summed E-state index contributed by atoms with van der Waals surface area (Å²) in [5.74, 6) is -1.90. The Morgan fingerprint density at radius 1 is 1.08 bits per heavy atom. The maximum absolute atomic E-state index is 13.6. The van der Waals surface area contributed by atoms with E-state index in [1.54, 1.807) is 0 Å². The minimum absolute atomic E-state index is 0.179. The zero-order chi connectivity index (χ0) is 17.6. The lowest BCUT2D eigenvalue weighted by atomic mass is 10.2. The molecule has 2 aromatic rings. The molecule has 0 unspecified atom stereocenters. The summed E-state index contributed by atoms with van der Waals surface area (Å²) in [6.45, 7) is 1.63. The van der Waals surface area contributed by atoms with Gasteiger partial charge >= 0.3 is 0 Å². The molecule has 24 heavy (non-hydrogen) atoms. The molecule has 7 heteroatoms. The topological polar surface area (TPSA) is 49.4 Å². The Kier molecular flexibility index (Phi) is 6.42. The lowest BCUT2D eigenvalue weighted by Crippen LogP contribution is -2.28. The number of halogens is 2. The van der Waals surface area contributed by atoms with Crippen molar-refractivity contribution >= 4 is 10.0 Å². The SMILES string of the molecule is CN(CCCNS(=O)(=O)c1ccc(F)cc1F)Cc1ccccc1. The fourth-order valence-corrected chi connectivity index (χ4v) is 3.43. The number of rotatable bonds is 8. The van der Waals surface area contributed by atoms with Crippen LogP contribution in [0, 0.1) is 11.6 Å². The maximum atomic E-state index is 13.6. The Bertz CT molecular complexity index is 767. The van der Waals surface area contributed by atoms with Crippen LogP contribution in [0.3, 0.4) is 0 Å². The van der Waals surface area contributed by atoms with Gasteiger partial charge in [-0.15, -0.1) is 0 Å². The van der Waals surface area contributed by atoms with Gasteiger partial charge in [0.2, 0.25) is 10.0 Å². The molecule has 0 spiro atoms. The van der Waals surface area contributed by atoms with Gasteiger partial charge in [0.05, 0.1) is 0 Å². The van der Waals surface area contributed by atoms with Crippen molar-refractivity contribution in [2.24, 2.45) is 0 Å². The lowest BCUT2D eigenvalue weighted by molar-refractivity contribution is 0.322. The molecule has 0 aliphatic rings. The molecule has 130 valence electrons. The number of hydrogen-bond acceptors (Lipinski definition) is 3. The fourth-order valence-electron chi connectivity index (χ4n) is 2.30. The van der Waals surface area contributed by atoms with E-state index in [9.17, 15) is 17.2 Å². The highest BCUT2D eigenvalue weighted by molar-refractivity contribution is 7.89. The van der Waals surface area contributed by atoms with Crippen molar-refractivity contribution in [1.82, 2.24) is 9.62 Å². The summed E-state index contributed by atoms with van der Waals surface area (Å²) < 4.78 is 52.8. The molecule has 2 rings (SSSR count). The zero-order valence-corrected chi connectivity index (χ0v) is 14.2. The molecule has 0 aromatic heterocycles. The van der Waals surface area contributed by atoms with Crippen molar-refractivity contribution in [2.45, 2.75) is 17.9 Å². The molecular weight excluding hydrogens is 334 g/mol. The van der Waals surface area contributed by atoms with E-state index in [-0.39, 0.29) is 6.54 Å². The van der Waals surface area contributed by atoms with Crippen molar-refractivity contribution in [1.29, 1.82) is 0 Å². The summed E-state index contributed by atoms with van der Waals surface area (Å²) in [5, 5.41) is 0. The van der Waals surface area contributed by atoms with Crippen LogP contribution in [0.5, 0.6) is 0 Å².